The first kappa shape index (κ1) is 15.9. The molecular formula is C13H16F2N2O3. The SMILES string of the molecule is CC[C@H](NC(=O)CNC(=O)OC)c1cc(F)ccc1F. The van der Waals surface area contributed by atoms with Gasteiger partial charge in [-0.15, -0.1) is 0 Å². The van der Waals surface area contributed by atoms with Gasteiger partial charge in [0.25, 0.3) is 0 Å². The second kappa shape index (κ2) is 7.42. The lowest BCUT2D eigenvalue weighted by Crippen LogP contribution is -2.38. The number of ether oxygens (including phenoxy) is 1. The number of benzene rings is 1. The number of hydrogen-bond acceptors (Lipinski definition) is 3. The number of carbonyl (C=O) groups excluding carboxylic acids is 2. The highest BCUT2D eigenvalue weighted by molar-refractivity contribution is 5.82. The van der Waals surface area contributed by atoms with Crippen LogP contribution < -0.4 is 10.6 Å². The molecule has 0 radical (unpaired) electrons. The van der Waals surface area contributed by atoms with Crippen molar-refractivity contribution in [3.05, 3.63) is 35.4 Å². The largest absolute Gasteiger partial charge is 0.453 e. The summed E-state index contributed by atoms with van der Waals surface area (Å²) >= 11 is 0. The summed E-state index contributed by atoms with van der Waals surface area (Å²) in [6, 6.07) is 2.38. The molecule has 1 aromatic carbocycles. The Morgan fingerprint density at radius 2 is 2.05 bits per heavy atom. The molecule has 1 aromatic rings. The molecule has 0 aliphatic heterocycles. The number of methoxy groups -OCH3 is 1. The van der Waals surface area contributed by atoms with Crippen LogP contribution in [0.1, 0.15) is 24.9 Å². The van der Waals surface area contributed by atoms with Crippen molar-refractivity contribution in [1.29, 1.82) is 0 Å². The van der Waals surface area contributed by atoms with Gasteiger partial charge in [0.15, 0.2) is 0 Å². The smallest absolute Gasteiger partial charge is 0.407 e. The fraction of sp³-hybridized carbons (Fsp3) is 0.385. The second-order valence-corrected chi connectivity index (χ2v) is 4.04. The average Bonchev–Trinajstić information content (AvgIpc) is 2.44. The fourth-order valence-electron chi connectivity index (χ4n) is 1.65. The Bertz CT molecular complexity index is 495. The van der Waals surface area contributed by atoms with Gasteiger partial charge in [0.2, 0.25) is 5.91 Å². The second-order valence-electron chi connectivity index (χ2n) is 4.04. The number of carbonyl (C=O) groups is 2. The monoisotopic (exact) mass is 286 g/mol. The van der Waals surface area contributed by atoms with E-state index in [0.29, 0.717) is 6.42 Å². The van der Waals surface area contributed by atoms with Gasteiger partial charge in [0.1, 0.15) is 18.2 Å². The van der Waals surface area contributed by atoms with Crippen LogP contribution in [0.25, 0.3) is 0 Å². The zero-order valence-corrected chi connectivity index (χ0v) is 11.2. The van der Waals surface area contributed by atoms with E-state index >= 15 is 0 Å². The van der Waals surface area contributed by atoms with E-state index in [1.807, 2.05) is 0 Å². The van der Waals surface area contributed by atoms with Gasteiger partial charge in [-0.1, -0.05) is 6.92 Å². The van der Waals surface area contributed by atoms with E-state index in [-0.39, 0.29) is 12.1 Å². The summed E-state index contributed by atoms with van der Waals surface area (Å²) in [4.78, 5) is 22.4. The van der Waals surface area contributed by atoms with Crippen molar-refractivity contribution in [3.63, 3.8) is 0 Å². The van der Waals surface area contributed by atoms with Crippen LogP contribution in [-0.2, 0) is 9.53 Å². The molecule has 0 aliphatic rings. The molecule has 110 valence electrons. The van der Waals surface area contributed by atoms with E-state index in [1.165, 1.54) is 7.11 Å². The molecule has 7 heteroatoms. The number of amides is 2. The van der Waals surface area contributed by atoms with Gasteiger partial charge in [-0.3, -0.25) is 4.79 Å². The predicted molar refractivity (Wildman–Crippen MR) is 67.9 cm³/mol. The molecule has 0 saturated carbocycles. The van der Waals surface area contributed by atoms with Crippen molar-refractivity contribution in [2.75, 3.05) is 13.7 Å². The van der Waals surface area contributed by atoms with Gasteiger partial charge >= 0.3 is 6.09 Å². The molecule has 0 saturated heterocycles. The topological polar surface area (TPSA) is 67.4 Å². The van der Waals surface area contributed by atoms with Crippen LogP contribution in [0.2, 0.25) is 0 Å². The van der Waals surface area contributed by atoms with Crippen molar-refractivity contribution in [2.24, 2.45) is 0 Å². The number of rotatable bonds is 5. The summed E-state index contributed by atoms with van der Waals surface area (Å²) in [6.45, 7) is 1.42. The molecule has 0 heterocycles. The molecule has 2 amide bonds. The summed E-state index contributed by atoms with van der Waals surface area (Å²) in [5.41, 5.74) is 0.0684. The van der Waals surface area contributed by atoms with Gasteiger partial charge in [-0.2, -0.15) is 0 Å². The Labute approximate surface area is 115 Å². The zero-order chi connectivity index (χ0) is 15.1. The molecule has 5 nitrogen and oxygen atoms in total. The van der Waals surface area contributed by atoms with Gasteiger partial charge in [0.05, 0.1) is 13.2 Å². The standard InChI is InChI=1S/C13H16F2N2O3/c1-3-11(9-6-8(14)4-5-10(9)15)17-12(18)7-16-13(19)20-2/h4-6,11H,3,7H2,1-2H3,(H,16,19)(H,17,18)/t11-/m0/s1. The van der Waals surface area contributed by atoms with Gasteiger partial charge in [-0.05, 0) is 24.6 Å². The van der Waals surface area contributed by atoms with Crippen molar-refractivity contribution in [2.45, 2.75) is 19.4 Å². The molecule has 0 aromatic heterocycles. The first-order valence-electron chi connectivity index (χ1n) is 6.04. The summed E-state index contributed by atoms with van der Waals surface area (Å²) in [5.74, 6) is -1.70. The summed E-state index contributed by atoms with van der Waals surface area (Å²) < 4.78 is 31.1. The molecule has 0 unspecified atom stereocenters. The van der Waals surface area contributed by atoms with E-state index in [0.717, 1.165) is 18.2 Å². The van der Waals surface area contributed by atoms with Gasteiger partial charge < -0.3 is 15.4 Å². The lowest BCUT2D eigenvalue weighted by Gasteiger charge is -2.18. The summed E-state index contributed by atoms with van der Waals surface area (Å²) in [6.07, 6.45) is -0.366. The van der Waals surface area contributed by atoms with E-state index in [9.17, 15) is 18.4 Å². The van der Waals surface area contributed by atoms with Crippen molar-refractivity contribution < 1.29 is 23.1 Å². The molecule has 0 spiro atoms. The van der Waals surface area contributed by atoms with Crippen LogP contribution >= 0.6 is 0 Å². The molecule has 1 rings (SSSR count). The molecule has 0 aliphatic carbocycles. The Morgan fingerprint density at radius 3 is 2.65 bits per heavy atom. The average molecular weight is 286 g/mol. The quantitative estimate of drug-likeness (QED) is 0.868. The van der Waals surface area contributed by atoms with Crippen molar-refractivity contribution >= 4 is 12.0 Å². The maximum atomic E-state index is 13.6. The van der Waals surface area contributed by atoms with E-state index < -0.39 is 29.7 Å². The number of halogens is 2. The van der Waals surface area contributed by atoms with E-state index in [1.54, 1.807) is 6.92 Å². The van der Waals surface area contributed by atoms with Crippen LogP contribution in [0, 0.1) is 11.6 Å². The van der Waals surface area contributed by atoms with Crippen LogP contribution in [0.4, 0.5) is 13.6 Å². The maximum Gasteiger partial charge on any atom is 0.407 e. The molecule has 0 fully saturated rings. The minimum atomic E-state index is -0.745. The van der Waals surface area contributed by atoms with Crippen LogP contribution in [0.3, 0.4) is 0 Å². The highest BCUT2D eigenvalue weighted by Gasteiger charge is 2.17. The van der Waals surface area contributed by atoms with Gasteiger partial charge in [-0.25, -0.2) is 13.6 Å². The number of alkyl carbamates (subject to hydrolysis) is 1. The minimum absolute atomic E-state index is 0.0684. The molecule has 0 bridgehead atoms. The number of hydrogen-bond donors (Lipinski definition) is 2. The summed E-state index contributed by atoms with van der Waals surface area (Å²) in [5, 5.41) is 4.71. The highest BCUT2D eigenvalue weighted by atomic mass is 19.1. The third-order valence-electron chi connectivity index (χ3n) is 2.66. The first-order valence-corrected chi connectivity index (χ1v) is 6.04. The third kappa shape index (κ3) is 4.49. The normalized spacial score (nSPS) is 11.6. The molecule has 20 heavy (non-hydrogen) atoms. The Hall–Kier alpha value is -2.18. The first-order chi connectivity index (χ1) is 9.47. The Kier molecular flexibility index (Phi) is 5.89. The Morgan fingerprint density at radius 1 is 1.35 bits per heavy atom. The minimum Gasteiger partial charge on any atom is -0.453 e. The van der Waals surface area contributed by atoms with Crippen LogP contribution in [0.5, 0.6) is 0 Å². The van der Waals surface area contributed by atoms with Crippen LogP contribution in [0.15, 0.2) is 18.2 Å². The molecule has 1 atom stereocenters. The zero-order valence-electron chi connectivity index (χ0n) is 11.2. The fourth-order valence-corrected chi connectivity index (χ4v) is 1.65. The van der Waals surface area contributed by atoms with Crippen LogP contribution in [-0.4, -0.2) is 25.7 Å². The third-order valence-corrected chi connectivity index (χ3v) is 2.66. The maximum absolute atomic E-state index is 13.6. The lowest BCUT2D eigenvalue weighted by atomic mass is 10.0. The van der Waals surface area contributed by atoms with Gasteiger partial charge in [0, 0.05) is 5.56 Å². The van der Waals surface area contributed by atoms with Crippen molar-refractivity contribution in [1.82, 2.24) is 10.6 Å². The Balaban J connectivity index is 2.69. The highest BCUT2D eigenvalue weighted by Crippen LogP contribution is 2.20. The summed E-state index contributed by atoms with van der Waals surface area (Å²) in [7, 11) is 1.17. The van der Waals surface area contributed by atoms with Crippen molar-refractivity contribution in [3.8, 4) is 0 Å². The molecule has 2 N–H and O–H groups in total. The van der Waals surface area contributed by atoms with E-state index in [4.69, 9.17) is 0 Å². The number of nitrogens with one attached hydrogen (secondary N) is 2. The predicted octanol–water partition coefficient (Wildman–Crippen LogP) is 1.89. The van der Waals surface area contributed by atoms with E-state index in [2.05, 4.69) is 15.4 Å². The lowest BCUT2D eigenvalue weighted by molar-refractivity contribution is -0.121. The molecular weight excluding hydrogens is 270 g/mol.